The quantitative estimate of drug-likeness (QED) is 0.595. The molecule has 6 nitrogen and oxygen atoms in total. The molecule has 0 spiro atoms. The summed E-state index contributed by atoms with van der Waals surface area (Å²) in [7, 11) is 0. The lowest BCUT2D eigenvalue weighted by molar-refractivity contribution is -0.137. The number of aromatic nitrogens is 2. The van der Waals surface area contributed by atoms with Gasteiger partial charge in [0.1, 0.15) is 6.54 Å². The van der Waals surface area contributed by atoms with E-state index in [-0.39, 0.29) is 23.8 Å². The number of anilines is 2. The van der Waals surface area contributed by atoms with E-state index in [2.05, 4.69) is 10.3 Å². The van der Waals surface area contributed by atoms with Crippen molar-refractivity contribution in [2.24, 2.45) is 0 Å². The fraction of sp³-hybridized carbons (Fsp3) is 0.286. The monoisotopic (exact) mass is 448 g/mol. The number of benzene rings is 2. The van der Waals surface area contributed by atoms with Gasteiger partial charge in [-0.2, -0.15) is 13.2 Å². The number of hydrogen-bond donors (Lipinski definition) is 1. The van der Waals surface area contributed by atoms with E-state index in [1.165, 1.54) is 22.7 Å². The third-order valence-electron chi connectivity index (χ3n) is 5.02. The van der Waals surface area contributed by atoms with Crippen LogP contribution in [-0.2, 0) is 22.3 Å². The number of para-hydroxylation sites is 2. The predicted molar refractivity (Wildman–Crippen MR) is 113 cm³/mol. The molecule has 0 aliphatic carbocycles. The number of halogens is 3. The van der Waals surface area contributed by atoms with E-state index in [0.717, 1.165) is 23.2 Å². The third-order valence-corrected chi connectivity index (χ3v) is 6.10. The Labute approximate surface area is 180 Å². The zero-order valence-corrected chi connectivity index (χ0v) is 17.5. The molecule has 2 amide bonds. The van der Waals surface area contributed by atoms with Crippen molar-refractivity contribution in [2.75, 3.05) is 16.8 Å². The van der Waals surface area contributed by atoms with Gasteiger partial charge in [0.2, 0.25) is 11.8 Å². The first-order valence-corrected chi connectivity index (χ1v) is 10.5. The summed E-state index contributed by atoms with van der Waals surface area (Å²) in [6, 6.07) is 10.6. The van der Waals surface area contributed by atoms with E-state index in [9.17, 15) is 22.8 Å². The van der Waals surface area contributed by atoms with Gasteiger partial charge >= 0.3 is 6.18 Å². The largest absolute Gasteiger partial charge is 0.416 e. The lowest BCUT2D eigenvalue weighted by atomic mass is 10.1. The molecule has 0 bridgehead atoms. The molecule has 0 saturated carbocycles. The fourth-order valence-electron chi connectivity index (χ4n) is 3.54. The van der Waals surface area contributed by atoms with Crippen LogP contribution in [0.3, 0.4) is 0 Å². The number of thioether (sulfide) groups is 1. The smallest absolute Gasteiger partial charge is 0.323 e. The Balaban J connectivity index is 1.62. The first-order chi connectivity index (χ1) is 14.7. The van der Waals surface area contributed by atoms with Gasteiger partial charge in [-0.25, -0.2) is 4.98 Å². The second kappa shape index (κ2) is 7.92. The molecule has 2 aromatic carbocycles. The van der Waals surface area contributed by atoms with Crippen LogP contribution in [0.15, 0.2) is 47.6 Å². The van der Waals surface area contributed by atoms with Gasteiger partial charge in [-0.05, 0) is 44.2 Å². The van der Waals surface area contributed by atoms with Crippen LogP contribution in [0.25, 0.3) is 11.0 Å². The van der Waals surface area contributed by atoms with Crippen molar-refractivity contribution in [1.29, 1.82) is 0 Å². The molecule has 31 heavy (non-hydrogen) atoms. The molecular weight excluding hydrogens is 429 g/mol. The second-order valence-electron chi connectivity index (χ2n) is 7.09. The summed E-state index contributed by atoms with van der Waals surface area (Å²) in [6.07, 6.45) is -4.55. The summed E-state index contributed by atoms with van der Waals surface area (Å²) >= 11 is 1.25. The Morgan fingerprint density at radius 3 is 2.71 bits per heavy atom. The number of fused-ring (bicyclic) bond motifs is 2. The second-order valence-corrected chi connectivity index (χ2v) is 8.40. The highest BCUT2D eigenvalue weighted by Gasteiger charge is 2.35. The van der Waals surface area contributed by atoms with Crippen molar-refractivity contribution in [2.45, 2.75) is 37.0 Å². The van der Waals surface area contributed by atoms with Gasteiger partial charge in [-0.3, -0.25) is 14.5 Å². The number of hydrogen-bond acceptors (Lipinski definition) is 4. The predicted octanol–water partition coefficient (Wildman–Crippen LogP) is 4.54. The average molecular weight is 448 g/mol. The lowest BCUT2D eigenvalue weighted by Crippen LogP contribution is -2.45. The number of carbonyl (C=O) groups excluding carboxylic acids is 2. The van der Waals surface area contributed by atoms with Gasteiger partial charge in [0, 0.05) is 6.54 Å². The lowest BCUT2D eigenvalue weighted by Gasteiger charge is -2.31. The molecule has 1 atom stereocenters. The molecule has 1 N–H and O–H groups in total. The van der Waals surface area contributed by atoms with Crippen molar-refractivity contribution < 1.29 is 22.8 Å². The highest BCUT2D eigenvalue weighted by Crippen LogP contribution is 2.38. The third kappa shape index (κ3) is 3.99. The number of imidazole rings is 1. The van der Waals surface area contributed by atoms with Gasteiger partial charge < -0.3 is 9.88 Å². The number of aryl methyl sites for hydroxylation is 1. The molecule has 4 rings (SSSR count). The molecule has 3 aromatic rings. The van der Waals surface area contributed by atoms with Crippen molar-refractivity contribution in [3.05, 3.63) is 48.0 Å². The van der Waals surface area contributed by atoms with Crippen LogP contribution in [0.5, 0.6) is 0 Å². The number of amides is 2. The van der Waals surface area contributed by atoms with E-state index in [1.54, 1.807) is 6.92 Å². The average Bonchev–Trinajstić information content (AvgIpc) is 3.08. The summed E-state index contributed by atoms with van der Waals surface area (Å²) in [4.78, 5) is 31.1. The minimum absolute atomic E-state index is 0.0302. The molecular formula is C21H19F3N4O2S. The standard InChI is InChI=1S/C21H19F3N4O2S/c1-3-27-16-7-5-4-6-14(16)26-20(27)31-12(2)19(30)28-11-18(29)25-15-10-13(21(22,23)24)8-9-17(15)28/h4-10,12H,3,11H2,1-2H3,(H,25,29). The van der Waals surface area contributed by atoms with E-state index < -0.39 is 22.9 Å². The van der Waals surface area contributed by atoms with Crippen LogP contribution in [0, 0.1) is 0 Å². The Bertz CT molecular complexity index is 1180. The number of nitrogens with zero attached hydrogens (tertiary/aromatic N) is 3. The highest BCUT2D eigenvalue weighted by atomic mass is 32.2. The molecule has 10 heteroatoms. The molecule has 1 aromatic heterocycles. The summed E-state index contributed by atoms with van der Waals surface area (Å²) in [5, 5.41) is 2.48. The molecule has 162 valence electrons. The van der Waals surface area contributed by atoms with Crippen LogP contribution in [-0.4, -0.2) is 33.2 Å². The Morgan fingerprint density at radius 1 is 1.26 bits per heavy atom. The van der Waals surface area contributed by atoms with E-state index in [4.69, 9.17) is 0 Å². The number of carbonyl (C=O) groups is 2. The van der Waals surface area contributed by atoms with Gasteiger partial charge in [-0.1, -0.05) is 23.9 Å². The molecule has 0 radical (unpaired) electrons. The summed E-state index contributed by atoms with van der Waals surface area (Å²) in [6.45, 7) is 4.09. The first-order valence-electron chi connectivity index (χ1n) is 9.63. The van der Waals surface area contributed by atoms with Crippen molar-refractivity contribution in [1.82, 2.24) is 9.55 Å². The maximum absolute atomic E-state index is 13.2. The first kappa shape index (κ1) is 21.2. The van der Waals surface area contributed by atoms with Crippen molar-refractivity contribution >= 4 is 46.0 Å². The minimum atomic E-state index is -4.55. The summed E-state index contributed by atoms with van der Waals surface area (Å²) in [5.74, 6) is -0.922. The molecule has 1 aliphatic heterocycles. The van der Waals surface area contributed by atoms with Gasteiger partial charge in [0.15, 0.2) is 5.16 Å². The zero-order chi connectivity index (χ0) is 22.3. The van der Waals surface area contributed by atoms with Gasteiger partial charge in [0.25, 0.3) is 0 Å². The fourth-order valence-corrected chi connectivity index (χ4v) is 4.59. The molecule has 2 heterocycles. The van der Waals surface area contributed by atoms with E-state index >= 15 is 0 Å². The Hall–Kier alpha value is -3.01. The maximum atomic E-state index is 13.2. The number of nitrogens with one attached hydrogen (secondary N) is 1. The Kier molecular flexibility index (Phi) is 5.42. The van der Waals surface area contributed by atoms with Crippen LogP contribution in [0.4, 0.5) is 24.5 Å². The summed E-state index contributed by atoms with van der Waals surface area (Å²) < 4.78 is 41.1. The van der Waals surface area contributed by atoms with Crippen LogP contribution in [0.1, 0.15) is 19.4 Å². The molecule has 1 unspecified atom stereocenters. The van der Waals surface area contributed by atoms with Crippen LogP contribution >= 0.6 is 11.8 Å². The van der Waals surface area contributed by atoms with Crippen molar-refractivity contribution in [3.63, 3.8) is 0 Å². The molecule has 1 aliphatic rings. The zero-order valence-electron chi connectivity index (χ0n) is 16.7. The normalized spacial score (nSPS) is 15.0. The number of alkyl halides is 3. The van der Waals surface area contributed by atoms with E-state index in [0.29, 0.717) is 11.7 Å². The van der Waals surface area contributed by atoms with Gasteiger partial charge in [0.05, 0.1) is 33.2 Å². The van der Waals surface area contributed by atoms with Crippen LogP contribution < -0.4 is 10.2 Å². The topological polar surface area (TPSA) is 67.2 Å². The Morgan fingerprint density at radius 2 is 2.00 bits per heavy atom. The molecule has 0 saturated heterocycles. The molecule has 0 fully saturated rings. The SMILES string of the molecule is CCn1c(SC(C)C(=O)N2CC(=O)Nc3cc(C(F)(F)F)ccc32)nc2ccccc21. The summed E-state index contributed by atoms with van der Waals surface area (Å²) in [5.41, 5.74) is 1.09. The van der Waals surface area contributed by atoms with Gasteiger partial charge in [-0.15, -0.1) is 0 Å². The maximum Gasteiger partial charge on any atom is 0.416 e. The minimum Gasteiger partial charge on any atom is -0.323 e. The van der Waals surface area contributed by atoms with Crippen LogP contribution in [0.2, 0.25) is 0 Å². The van der Waals surface area contributed by atoms with E-state index in [1.807, 2.05) is 35.8 Å². The highest BCUT2D eigenvalue weighted by molar-refractivity contribution is 8.00. The number of rotatable bonds is 4. The van der Waals surface area contributed by atoms with Crippen molar-refractivity contribution in [3.8, 4) is 0 Å².